The minimum atomic E-state index is 0.280. The summed E-state index contributed by atoms with van der Waals surface area (Å²) in [5.41, 5.74) is 5.83. The van der Waals surface area contributed by atoms with Crippen molar-refractivity contribution in [3.63, 3.8) is 0 Å². The summed E-state index contributed by atoms with van der Waals surface area (Å²) >= 11 is 0. The molecular formula is C18H32N2. The van der Waals surface area contributed by atoms with Crippen molar-refractivity contribution in [1.82, 2.24) is 5.43 Å². The van der Waals surface area contributed by atoms with Gasteiger partial charge in [0.05, 0.1) is 0 Å². The number of hydrogen-bond donors (Lipinski definition) is 2. The fourth-order valence-corrected chi connectivity index (χ4v) is 3.11. The molecule has 0 aliphatic heterocycles. The molecule has 0 aromatic heterocycles. The molecule has 1 aromatic carbocycles. The SMILES string of the molecule is CCCC(CCC)C(NN)c1cccc(CC(C)C)c1. The Labute approximate surface area is 125 Å². The summed E-state index contributed by atoms with van der Waals surface area (Å²) in [6.07, 6.45) is 6.04. The molecule has 1 aromatic rings. The van der Waals surface area contributed by atoms with Crippen LogP contribution in [0.4, 0.5) is 0 Å². The minimum Gasteiger partial charge on any atom is -0.271 e. The molecule has 2 heteroatoms. The van der Waals surface area contributed by atoms with Crippen LogP contribution in [0, 0.1) is 11.8 Å². The zero-order valence-corrected chi connectivity index (χ0v) is 13.7. The summed E-state index contributed by atoms with van der Waals surface area (Å²) in [5.74, 6) is 7.19. The van der Waals surface area contributed by atoms with Crippen molar-refractivity contribution in [3.8, 4) is 0 Å². The summed E-state index contributed by atoms with van der Waals surface area (Å²) in [7, 11) is 0. The highest BCUT2D eigenvalue weighted by atomic mass is 15.2. The van der Waals surface area contributed by atoms with E-state index in [2.05, 4.69) is 57.4 Å². The predicted octanol–water partition coefficient (Wildman–Crippen LogP) is 4.61. The normalized spacial score (nSPS) is 13.2. The second-order valence-electron chi connectivity index (χ2n) is 6.32. The first-order valence-corrected chi connectivity index (χ1v) is 8.17. The van der Waals surface area contributed by atoms with Crippen molar-refractivity contribution in [2.45, 2.75) is 65.8 Å². The molecular weight excluding hydrogens is 244 g/mol. The van der Waals surface area contributed by atoms with Crippen LogP contribution in [0.1, 0.15) is 70.5 Å². The van der Waals surface area contributed by atoms with E-state index in [0.717, 1.165) is 6.42 Å². The van der Waals surface area contributed by atoms with Crippen molar-refractivity contribution in [2.75, 3.05) is 0 Å². The first-order valence-electron chi connectivity index (χ1n) is 8.17. The lowest BCUT2D eigenvalue weighted by Gasteiger charge is -2.27. The number of nitrogens with two attached hydrogens (primary N) is 1. The summed E-state index contributed by atoms with van der Waals surface area (Å²) < 4.78 is 0. The number of nitrogens with one attached hydrogen (secondary N) is 1. The van der Waals surface area contributed by atoms with Crippen LogP contribution in [0.3, 0.4) is 0 Å². The number of rotatable bonds is 9. The fraction of sp³-hybridized carbons (Fsp3) is 0.667. The quantitative estimate of drug-likeness (QED) is 0.511. The highest BCUT2D eigenvalue weighted by Crippen LogP contribution is 2.29. The van der Waals surface area contributed by atoms with E-state index < -0.39 is 0 Å². The van der Waals surface area contributed by atoms with Crippen LogP contribution >= 0.6 is 0 Å². The van der Waals surface area contributed by atoms with E-state index in [-0.39, 0.29) is 6.04 Å². The van der Waals surface area contributed by atoms with Gasteiger partial charge in [-0.1, -0.05) is 64.8 Å². The predicted molar refractivity (Wildman–Crippen MR) is 88.4 cm³/mol. The van der Waals surface area contributed by atoms with Gasteiger partial charge in [0.1, 0.15) is 0 Å². The molecule has 0 saturated carbocycles. The average molecular weight is 276 g/mol. The van der Waals surface area contributed by atoms with E-state index >= 15 is 0 Å². The lowest BCUT2D eigenvalue weighted by molar-refractivity contribution is 0.319. The Morgan fingerprint density at radius 3 is 2.25 bits per heavy atom. The number of benzene rings is 1. The molecule has 0 heterocycles. The summed E-state index contributed by atoms with van der Waals surface area (Å²) in [6.45, 7) is 9.04. The highest BCUT2D eigenvalue weighted by Gasteiger charge is 2.21. The van der Waals surface area contributed by atoms with Crippen molar-refractivity contribution in [3.05, 3.63) is 35.4 Å². The van der Waals surface area contributed by atoms with E-state index in [1.54, 1.807) is 0 Å². The zero-order chi connectivity index (χ0) is 15.0. The molecule has 1 atom stereocenters. The van der Waals surface area contributed by atoms with Crippen LogP contribution in [0.5, 0.6) is 0 Å². The van der Waals surface area contributed by atoms with Gasteiger partial charge in [0.25, 0.3) is 0 Å². The van der Waals surface area contributed by atoms with Gasteiger partial charge in [0, 0.05) is 6.04 Å². The molecule has 0 saturated heterocycles. The van der Waals surface area contributed by atoms with Crippen LogP contribution in [0.25, 0.3) is 0 Å². The van der Waals surface area contributed by atoms with Crippen LogP contribution in [0.2, 0.25) is 0 Å². The Bertz CT molecular complexity index is 367. The second kappa shape index (κ2) is 9.15. The maximum Gasteiger partial charge on any atom is 0.0488 e. The Morgan fingerprint density at radius 1 is 1.10 bits per heavy atom. The maximum absolute atomic E-state index is 5.87. The smallest absolute Gasteiger partial charge is 0.0488 e. The third-order valence-electron chi connectivity index (χ3n) is 3.92. The lowest BCUT2D eigenvalue weighted by Crippen LogP contribution is -2.33. The molecule has 0 aliphatic rings. The molecule has 0 radical (unpaired) electrons. The van der Waals surface area contributed by atoms with E-state index in [0.29, 0.717) is 11.8 Å². The van der Waals surface area contributed by atoms with E-state index in [9.17, 15) is 0 Å². The molecule has 1 unspecified atom stereocenters. The van der Waals surface area contributed by atoms with Crippen LogP contribution in [-0.4, -0.2) is 0 Å². The monoisotopic (exact) mass is 276 g/mol. The molecule has 3 N–H and O–H groups in total. The van der Waals surface area contributed by atoms with Crippen molar-refractivity contribution >= 4 is 0 Å². The zero-order valence-electron chi connectivity index (χ0n) is 13.7. The molecule has 0 amide bonds. The topological polar surface area (TPSA) is 38.0 Å². The molecule has 0 bridgehead atoms. The Kier molecular flexibility index (Phi) is 7.86. The van der Waals surface area contributed by atoms with Crippen molar-refractivity contribution in [1.29, 1.82) is 0 Å². The summed E-state index contributed by atoms with van der Waals surface area (Å²) in [6, 6.07) is 9.23. The first kappa shape index (κ1) is 17.2. The van der Waals surface area contributed by atoms with Gasteiger partial charge < -0.3 is 0 Å². The van der Waals surface area contributed by atoms with Crippen molar-refractivity contribution < 1.29 is 0 Å². The largest absolute Gasteiger partial charge is 0.271 e. The molecule has 0 fully saturated rings. The van der Waals surface area contributed by atoms with Gasteiger partial charge in [-0.2, -0.15) is 0 Å². The van der Waals surface area contributed by atoms with Gasteiger partial charge in [-0.25, -0.2) is 0 Å². The Morgan fingerprint density at radius 2 is 1.75 bits per heavy atom. The van der Waals surface area contributed by atoms with Gasteiger partial charge in [-0.05, 0) is 42.2 Å². The third-order valence-corrected chi connectivity index (χ3v) is 3.92. The molecule has 0 aliphatic carbocycles. The van der Waals surface area contributed by atoms with Crippen LogP contribution in [0.15, 0.2) is 24.3 Å². The summed E-state index contributed by atoms with van der Waals surface area (Å²) in [4.78, 5) is 0. The average Bonchev–Trinajstić information content (AvgIpc) is 2.40. The molecule has 2 nitrogen and oxygen atoms in total. The molecule has 114 valence electrons. The minimum absolute atomic E-state index is 0.280. The fourth-order valence-electron chi connectivity index (χ4n) is 3.11. The summed E-state index contributed by atoms with van der Waals surface area (Å²) in [5, 5.41) is 0. The van der Waals surface area contributed by atoms with Crippen LogP contribution < -0.4 is 11.3 Å². The van der Waals surface area contributed by atoms with Gasteiger partial charge in [-0.15, -0.1) is 0 Å². The molecule has 0 spiro atoms. The molecule has 1 rings (SSSR count). The Balaban J connectivity index is 2.91. The van der Waals surface area contributed by atoms with E-state index in [4.69, 9.17) is 5.84 Å². The lowest BCUT2D eigenvalue weighted by atomic mass is 9.85. The van der Waals surface area contributed by atoms with Gasteiger partial charge >= 0.3 is 0 Å². The number of hydrazine groups is 1. The third kappa shape index (κ3) is 5.26. The van der Waals surface area contributed by atoms with Gasteiger partial charge in [0.2, 0.25) is 0 Å². The van der Waals surface area contributed by atoms with E-state index in [1.807, 2.05) is 0 Å². The molecule has 20 heavy (non-hydrogen) atoms. The standard InChI is InChI=1S/C18H32N2/c1-5-8-16(9-6-2)18(20-19)17-11-7-10-15(13-17)12-14(3)4/h7,10-11,13-14,16,18,20H,5-6,8-9,12,19H2,1-4H3. The van der Waals surface area contributed by atoms with Gasteiger partial charge in [-0.3, -0.25) is 11.3 Å². The number of hydrogen-bond acceptors (Lipinski definition) is 2. The van der Waals surface area contributed by atoms with E-state index in [1.165, 1.54) is 36.8 Å². The maximum atomic E-state index is 5.87. The first-order chi connectivity index (χ1) is 9.62. The van der Waals surface area contributed by atoms with Crippen molar-refractivity contribution in [2.24, 2.45) is 17.7 Å². The van der Waals surface area contributed by atoms with Crippen LogP contribution in [-0.2, 0) is 6.42 Å². The second-order valence-corrected chi connectivity index (χ2v) is 6.32. The van der Waals surface area contributed by atoms with Gasteiger partial charge in [0.15, 0.2) is 0 Å². The highest BCUT2D eigenvalue weighted by molar-refractivity contribution is 5.27. The Hall–Kier alpha value is -0.860.